The van der Waals surface area contributed by atoms with Crippen LogP contribution in [0.15, 0.2) is 0 Å². The monoisotopic (exact) mass is 281 g/mol. The molecule has 1 unspecified atom stereocenters. The van der Waals surface area contributed by atoms with Gasteiger partial charge in [0, 0.05) is 6.04 Å². The highest BCUT2D eigenvalue weighted by Gasteiger charge is 2.23. The number of unbranched alkanes of at least 4 members (excludes halogenated alkanes) is 7. The van der Waals surface area contributed by atoms with E-state index in [0.717, 1.165) is 6.04 Å². The first-order valence-corrected chi connectivity index (χ1v) is 9.37. The Labute approximate surface area is 128 Å². The lowest BCUT2D eigenvalue weighted by Crippen LogP contribution is -2.29. The second-order valence-electron chi connectivity index (χ2n) is 7.72. The van der Waals surface area contributed by atoms with Crippen LogP contribution in [-0.4, -0.2) is 12.6 Å². The van der Waals surface area contributed by atoms with Crippen molar-refractivity contribution in [1.82, 2.24) is 5.32 Å². The largest absolute Gasteiger partial charge is 0.314 e. The third-order valence-electron chi connectivity index (χ3n) is 5.04. The maximum absolute atomic E-state index is 3.81. The molecule has 0 aliphatic heterocycles. The lowest BCUT2D eigenvalue weighted by atomic mass is 9.85. The van der Waals surface area contributed by atoms with Crippen LogP contribution in [0, 0.1) is 5.41 Å². The maximum Gasteiger partial charge on any atom is 0.00672 e. The second kappa shape index (κ2) is 10.7. The minimum Gasteiger partial charge on any atom is -0.314 e. The summed E-state index contributed by atoms with van der Waals surface area (Å²) in [6, 6.07) is 0.807. The third-order valence-corrected chi connectivity index (χ3v) is 5.04. The predicted molar refractivity (Wildman–Crippen MR) is 91.3 cm³/mol. The third kappa shape index (κ3) is 9.00. The van der Waals surface area contributed by atoms with E-state index in [-0.39, 0.29) is 0 Å². The number of nitrogens with one attached hydrogen (secondary N) is 1. The van der Waals surface area contributed by atoms with Gasteiger partial charge in [0.25, 0.3) is 0 Å². The van der Waals surface area contributed by atoms with E-state index in [4.69, 9.17) is 0 Å². The first-order valence-electron chi connectivity index (χ1n) is 9.37. The van der Waals surface area contributed by atoms with Crippen molar-refractivity contribution in [3.8, 4) is 0 Å². The van der Waals surface area contributed by atoms with Gasteiger partial charge in [-0.05, 0) is 44.1 Å². The van der Waals surface area contributed by atoms with Gasteiger partial charge in [-0.25, -0.2) is 0 Å². The standard InChI is InChI=1S/C19H39N/c1-4-5-6-7-8-9-10-11-17-20-18-13-12-15-19(2,3)16-14-18/h18,20H,4-17H2,1-3H3. The van der Waals surface area contributed by atoms with Crippen LogP contribution < -0.4 is 5.32 Å². The number of hydrogen-bond donors (Lipinski definition) is 1. The van der Waals surface area contributed by atoms with Crippen molar-refractivity contribution in [3.63, 3.8) is 0 Å². The van der Waals surface area contributed by atoms with E-state index in [9.17, 15) is 0 Å². The zero-order chi connectivity index (χ0) is 14.7. The molecular weight excluding hydrogens is 242 g/mol. The molecule has 1 heteroatoms. The van der Waals surface area contributed by atoms with Crippen LogP contribution in [-0.2, 0) is 0 Å². The number of hydrogen-bond acceptors (Lipinski definition) is 1. The van der Waals surface area contributed by atoms with Crippen LogP contribution in [0.3, 0.4) is 0 Å². The zero-order valence-electron chi connectivity index (χ0n) is 14.5. The fourth-order valence-electron chi connectivity index (χ4n) is 3.43. The first kappa shape index (κ1) is 18.0. The molecule has 1 fully saturated rings. The van der Waals surface area contributed by atoms with Crippen molar-refractivity contribution in [3.05, 3.63) is 0 Å². The van der Waals surface area contributed by atoms with E-state index in [1.807, 2.05) is 0 Å². The van der Waals surface area contributed by atoms with Gasteiger partial charge < -0.3 is 5.32 Å². The summed E-state index contributed by atoms with van der Waals surface area (Å²) in [5, 5.41) is 3.81. The Kier molecular flexibility index (Phi) is 9.59. The van der Waals surface area contributed by atoms with Crippen LogP contribution in [0.5, 0.6) is 0 Å². The minimum atomic E-state index is 0.592. The summed E-state index contributed by atoms with van der Waals surface area (Å²) in [6.07, 6.45) is 18.5. The maximum atomic E-state index is 3.81. The minimum absolute atomic E-state index is 0.592. The molecule has 1 aliphatic carbocycles. The Morgan fingerprint density at radius 1 is 0.850 bits per heavy atom. The lowest BCUT2D eigenvalue weighted by molar-refractivity contribution is 0.309. The topological polar surface area (TPSA) is 12.0 Å². The van der Waals surface area contributed by atoms with E-state index >= 15 is 0 Å². The van der Waals surface area contributed by atoms with Gasteiger partial charge in [0.2, 0.25) is 0 Å². The van der Waals surface area contributed by atoms with E-state index in [2.05, 4.69) is 26.1 Å². The summed E-state index contributed by atoms with van der Waals surface area (Å²) in [5.41, 5.74) is 0.592. The van der Waals surface area contributed by atoms with Crippen molar-refractivity contribution >= 4 is 0 Å². The molecule has 120 valence electrons. The summed E-state index contributed by atoms with van der Waals surface area (Å²) in [7, 11) is 0. The summed E-state index contributed by atoms with van der Waals surface area (Å²) >= 11 is 0. The van der Waals surface area contributed by atoms with Crippen LogP contribution in [0.1, 0.15) is 104 Å². The highest BCUT2D eigenvalue weighted by molar-refractivity contribution is 4.79. The van der Waals surface area contributed by atoms with E-state index in [0.29, 0.717) is 5.41 Å². The molecule has 0 spiro atoms. The average molecular weight is 282 g/mol. The molecule has 0 saturated heterocycles. The second-order valence-corrected chi connectivity index (χ2v) is 7.72. The molecule has 1 atom stereocenters. The molecule has 0 aromatic rings. The van der Waals surface area contributed by atoms with Crippen LogP contribution in [0.25, 0.3) is 0 Å². The Balaban J connectivity index is 1.91. The van der Waals surface area contributed by atoms with Gasteiger partial charge in [-0.15, -0.1) is 0 Å². The highest BCUT2D eigenvalue weighted by atomic mass is 14.9. The quantitative estimate of drug-likeness (QED) is 0.378. The molecule has 1 N–H and O–H groups in total. The molecule has 0 aromatic heterocycles. The SMILES string of the molecule is CCCCCCCCCCNC1CCCC(C)(C)CC1. The molecule has 1 aliphatic rings. The van der Waals surface area contributed by atoms with Gasteiger partial charge in [-0.1, -0.05) is 72.1 Å². The summed E-state index contributed by atoms with van der Waals surface area (Å²) in [4.78, 5) is 0. The molecule has 1 nitrogen and oxygen atoms in total. The average Bonchev–Trinajstić information content (AvgIpc) is 2.58. The highest BCUT2D eigenvalue weighted by Crippen LogP contribution is 2.33. The fourth-order valence-corrected chi connectivity index (χ4v) is 3.43. The van der Waals surface area contributed by atoms with Gasteiger partial charge in [-0.3, -0.25) is 0 Å². The number of rotatable bonds is 10. The predicted octanol–water partition coefficient (Wildman–Crippen LogP) is 6.08. The Morgan fingerprint density at radius 3 is 2.20 bits per heavy atom. The molecule has 0 radical (unpaired) electrons. The summed E-state index contributed by atoms with van der Waals surface area (Å²) < 4.78 is 0. The molecule has 1 saturated carbocycles. The van der Waals surface area contributed by atoms with Crippen LogP contribution in [0.2, 0.25) is 0 Å². The summed E-state index contributed by atoms with van der Waals surface area (Å²) in [6.45, 7) is 8.42. The normalized spacial score (nSPS) is 22.6. The molecule has 0 aromatic carbocycles. The van der Waals surface area contributed by atoms with E-state index in [1.165, 1.54) is 90.0 Å². The van der Waals surface area contributed by atoms with Crippen molar-refractivity contribution in [2.75, 3.05) is 6.54 Å². The van der Waals surface area contributed by atoms with Crippen molar-refractivity contribution in [1.29, 1.82) is 0 Å². The molecule has 1 rings (SSSR count). The Bertz CT molecular complexity index is 222. The molecular formula is C19H39N. The van der Waals surface area contributed by atoms with Crippen molar-refractivity contribution < 1.29 is 0 Å². The van der Waals surface area contributed by atoms with Crippen molar-refractivity contribution in [2.24, 2.45) is 5.41 Å². The smallest absolute Gasteiger partial charge is 0.00672 e. The molecule has 0 heterocycles. The molecule has 0 amide bonds. The van der Waals surface area contributed by atoms with Crippen LogP contribution >= 0.6 is 0 Å². The zero-order valence-corrected chi connectivity index (χ0v) is 14.5. The van der Waals surface area contributed by atoms with Gasteiger partial charge in [0.05, 0.1) is 0 Å². The fraction of sp³-hybridized carbons (Fsp3) is 1.00. The van der Waals surface area contributed by atoms with Crippen LogP contribution in [0.4, 0.5) is 0 Å². The molecule has 20 heavy (non-hydrogen) atoms. The molecule has 0 bridgehead atoms. The van der Waals surface area contributed by atoms with Gasteiger partial charge >= 0.3 is 0 Å². The van der Waals surface area contributed by atoms with Crippen molar-refractivity contribution in [2.45, 2.75) is 110 Å². The summed E-state index contributed by atoms with van der Waals surface area (Å²) in [5.74, 6) is 0. The van der Waals surface area contributed by atoms with Gasteiger partial charge in [0.15, 0.2) is 0 Å². The van der Waals surface area contributed by atoms with E-state index < -0.39 is 0 Å². The first-order chi connectivity index (χ1) is 9.64. The Morgan fingerprint density at radius 2 is 1.50 bits per heavy atom. The van der Waals surface area contributed by atoms with Gasteiger partial charge in [0.1, 0.15) is 0 Å². The lowest BCUT2D eigenvalue weighted by Gasteiger charge is -2.22. The van der Waals surface area contributed by atoms with Gasteiger partial charge in [-0.2, -0.15) is 0 Å². The van der Waals surface area contributed by atoms with E-state index in [1.54, 1.807) is 0 Å². The Hall–Kier alpha value is -0.0400.